The van der Waals surface area contributed by atoms with E-state index in [0.717, 1.165) is 43.4 Å². The molecule has 0 aliphatic carbocycles. The quantitative estimate of drug-likeness (QED) is 0.503. The fraction of sp³-hybridized carbons (Fsp3) is 0.261. The molecule has 0 atom stereocenters. The van der Waals surface area contributed by atoms with Crippen LogP contribution >= 0.6 is 0 Å². The van der Waals surface area contributed by atoms with Gasteiger partial charge in [-0.25, -0.2) is 23.4 Å². The second kappa shape index (κ2) is 7.94. The van der Waals surface area contributed by atoms with Crippen LogP contribution in [0.25, 0.3) is 11.0 Å². The Morgan fingerprint density at radius 1 is 0.903 bits per heavy atom. The highest BCUT2D eigenvalue weighted by Gasteiger charge is 2.21. The van der Waals surface area contributed by atoms with Crippen LogP contribution in [0.2, 0.25) is 0 Å². The van der Waals surface area contributed by atoms with Crippen LogP contribution in [0, 0.1) is 18.6 Å². The van der Waals surface area contributed by atoms with E-state index in [2.05, 4.69) is 56.1 Å². The Morgan fingerprint density at radius 2 is 1.65 bits per heavy atom. The molecule has 158 valence electrons. The lowest BCUT2D eigenvalue weighted by Gasteiger charge is -2.36. The SMILES string of the molecule is Cc1ccc(N2CCN(c3ncnc4c3cnn4Cc3ccc(F)cc3F)CC2)cc1. The van der Waals surface area contributed by atoms with Gasteiger partial charge in [-0.05, 0) is 25.1 Å². The van der Waals surface area contributed by atoms with Crippen LogP contribution in [0.5, 0.6) is 0 Å². The first-order chi connectivity index (χ1) is 15.1. The van der Waals surface area contributed by atoms with Crippen molar-refractivity contribution in [1.82, 2.24) is 19.7 Å². The molecule has 4 aromatic rings. The molecule has 1 fully saturated rings. The summed E-state index contributed by atoms with van der Waals surface area (Å²) in [6.45, 7) is 5.71. The lowest BCUT2D eigenvalue weighted by Crippen LogP contribution is -2.46. The van der Waals surface area contributed by atoms with Gasteiger partial charge in [0.15, 0.2) is 5.65 Å². The van der Waals surface area contributed by atoms with Gasteiger partial charge in [-0.1, -0.05) is 23.8 Å². The minimum atomic E-state index is -0.596. The molecule has 0 saturated carbocycles. The maximum absolute atomic E-state index is 14.1. The molecule has 0 amide bonds. The van der Waals surface area contributed by atoms with Gasteiger partial charge < -0.3 is 9.80 Å². The van der Waals surface area contributed by atoms with E-state index >= 15 is 0 Å². The van der Waals surface area contributed by atoms with Crippen LogP contribution in [0.4, 0.5) is 20.3 Å². The number of nitrogens with zero attached hydrogens (tertiary/aromatic N) is 6. The molecule has 0 spiro atoms. The Labute approximate surface area is 178 Å². The minimum absolute atomic E-state index is 0.174. The summed E-state index contributed by atoms with van der Waals surface area (Å²) in [4.78, 5) is 13.5. The third kappa shape index (κ3) is 3.81. The average molecular weight is 420 g/mol. The number of piperazine rings is 1. The highest BCUT2D eigenvalue weighted by atomic mass is 19.1. The average Bonchev–Trinajstić information content (AvgIpc) is 3.19. The van der Waals surface area contributed by atoms with Gasteiger partial charge in [-0.2, -0.15) is 5.10 Å². The van der Waals surface area contributed by atoms with Gasteiger partial charge in [0, 0.05) is 43.5 Å². The summed E-state index contributed by atoms with van der Waals surface area (Å²) in [5, 5.41) is 5.22. The fourth-order valence-corrected chi connectivity index (χ4v) is 3.99. The van der Waals surface area contributed by atoms with E-state index in [1.807, 2.05) is 0 Å². The Morgan fingerprint density at radius 3 is 2.39 bits per heavy atom. The van der Waals surface area contributed by atoms with Crippen molar-refractivity contribution in [3.05, 3.63) is 77.8 Å². The highest BCUT2D eigenvalue weighted by molar-refractivity contribution is 5.86. The largest absolute Gasteiger partial charge is 0.368 e. The lowest BCUT2D eigenvalue weighted by molar-refractivity contribution is 0.560. The first-order valence-electron chi connectivity index (χ1n) is 10.3. The molecule has 0 N–H and O–H groups in total. The van der Waals surface area contributed by atoms with E-state index in [1.165, 1.54) is 29.7 Å². The van der Waals surface area contributed by atoms with Crippen molar-refractivity contribution in [2.45, 2.75) is 13.5 Å². The van der Waals surface area contributed by atoms with Crippen molar-refractivity contribution >= 4 is 22.5 Å². The van der Waals surface area contributed by atoms with Gasteiger partial charge in [0.1, 0.15) is 23.8 Å². The molecule has 0 bridgehead atoms. The van der Waals surface area contributed by atoms with Crippen molar-refractivity contribution in [2.24, 2.45) is 0 Å². The van der Waals surface area contributed by atoms with Crippen molar-refractivity contribution in [3.63, 3.8) is 0 Å². The maximum atomic E-state index is 14.1. The Kier molecular flexibility index (Phi) is 4.97. The summed E-state index contributed by atoms with van der Waals surface area (Å²) in [5.74, 6) is -0.356. The third-order valence-electron chi connectivity index (χ3n) is 5.73. The van der Waals surface area contributed by atoms with Gasteiger partial charge in [0.25, 0.3) is 0 Å². The third-order valence-corrected chi connectivity index (χ3v) is 5.73. The monoisotopic (exact) mass is 420 g/mol. The zero-order chi connectivity index (χ0) is 21.4. The molecule has 0 unspecified atom stereocenters. The normalized spacial score (nSPS) is 14.4. The standard InChI is InChI=1S/C23H22F2N6/c1-16-2-6-19(7-3-16)29-8-10-30(11-9-29)22-20-13-28-31(23(20)27-15-26-22)14-17-4-5-18(24)12-21(17)25/h2-7,12-13,15H,8-11,14H2,1H3. The zero-order valence-corrected chi connectivity index (χ0v) is 17.2. The van der Waals surface area contributed by atoms with E-state index in [-0.39, 0.29) is 6.54 Å². The summed E-state index contributed by atoms with van der Waals surface area (Å²) >= 11 is 0. The van der Waals surface area contributed by atoms with Crippen LogP contribution in [0.15, 0.2) is 55.0 Å². The predicted octanol–water partition coefficient (Wildman–Crippen LogP) is 3.79. The molecular formula is C23H22F2N6. The molecule has 1 aliphatic rings. The van der Waals surface area contributed by atoms with Gasteiger partial charge in [-0.3, -0.25) is 0 Å². The summed E-state index contributed by atoms with van der Waals surface area (Å²) in [5.41, 5.74) is 3.48. The van der Waals surface area contributed by atoms with E-state index in [9.17, 15) is 8.78 Å². The summed E-state index contributed by atoms with van der Waals surface area (Å²) in [6.07, 6.45) is 3.24. The molecule has 1 aliphatic heterocycles. The predicted molar refractivity (Wildman–Crippen MR) is 116 cm³/mol. The molecular weight excluding hydrogens is 398 g/mol. The fourth-order valence-electron chi connectivity index (χ4n) is 3.99. The van der Waals surface area contributed by atoms with Crippen molar-refractivity contribution in [1.29, 1.82) is 0 Å². The number of hydrogen-bond donors (Lipinski definition) is 0. The van der Waals surface area contributed by atoms with Gasteiger partial charge in [0.2, 0.25) is 0 Å². The molecule has 2 aromatic heterocycles. The first-order valence-corrected chi connectivity index (χ1v) is 10.3. The molecule has 0 radical (unpaired) electrons. The van der Waals surface area contributed by atoms with E-state index < -0.39 is 11.6 Å². The number of aromatic nitrogens is 4. The molecule has 6 nitrogen and oxygen atoms in total. The van der Waals surface area contributed by atoms with Gasteiger partial charge >= 0.3 is 0 Å². The molecule has 5 rings (SSSR count). The van der Waals surface area contributed by atoms with Crippen molar-refractivity contribution in [2.75, 3.05) is 36.0 Å². The van der Waals surface area contributed by atoms with E-state index in [0.29, 0.717) is 11.2 Å². The summed E-state index contributed by atoms with van der Waals surface area (Å²) < 4.78 is 28.9. The van der Waals surface area contributed by atoms with Crippen molar-refractivity contribution in [3.8, 4) is 0 Å². The smallest absolute Gasteiger partial charge is 0.163 e. The number of rotatable bonds is 4. The number of hydrogen-bond acceptors (Lipinski definition) is 5. The number of anilines is 2. The molecule has 3 heterocycles. The highest BCUT2D eigenvalue weighted by Crippen LogP contribution is 2.26. The number of benzene rings is 2. The lowest BCUT2D eigenvalue weighted by atomic mass is 10.2. The van der Waals surface area contributed by atoms with E-state index in [4.69, 9.17) is 0 Å². The summed E-state index contributed by atoms with van der Waals surface area (Å²) in [6, 6.07) is 12.2. The zero-order valence-electron chi connectivity index (χ0n) is 17.2. The Bertz CT molecular complexity index is 1210. The van der Waals surface area contributed by atoms with Crippen LogP contribution < -0.4 is 9.80 Å². The molecule has 31 heavy (non-hydrogen) atoms. The molecule has 2 aromatic carbocycles. The van der Waals surface area contributed by atoms with Crippen LogP contribution in [-0.2, 0) is 6.54 Å². The van der Waals surface area contributed by atoms with Crippen LogP contribution in [0.3, 0.4) is 0 Å². The Hall–Kier alpha value is -3.55. The van der Waals surface area contributed by atoms with Crippen molar-refractivity contribution < 1.29 is 8.78 Å². The topological polar surface area (TPSA) is 50.1 Å². The van der Waals surface area contributed by atoms with Gasteiger partial charge in [0.05, 0.1) is 18.1 Å². The number of fused-ring (bicyclic) bond motifs is 1. The van der Waals surface area contributed by atoms with Crippen LogP contribution in [0.1, 0.15) is 11.1 Å². The second-order valence-electron chi connectivity index (χ2n) is 7.78. The molecule has 1 saturated heterocycles. The number of aryl methyl sites for hydroxylation is 1. The van der Waals surface area contributed by atoms with Crippen LogP contribution in [-0.4, -0.2) is 45.9 Å². The minimum Gasteiger partial charge on any atom is -0.368 e. The maximum Gasteiger partial charge on any atom is 0.163 e. The molecule has 8 heteroatoms. The first kappa shape index (κ1) is 19.4. The van der Waals surface area contributed by atoms with E-state index in [1.54, 1.807) is 10.9 Å². The summed E-state index contributed by atoms with van der Waals surface area (Å²) in [7, 11) is 0. The number of halogens is 2. The van der Waals surface area contributed by atoms with Gasteiger partial charge in [-0.15, -0.1) is 0 Å². The second-order valence-corrected chi connectivity index (χ2v) is 7.78. The Balaban J connectivity index is 1.36.